The van der Waals surface area contributed by atoms with Crippen LogP contribution < -0.4 is 19.3 Å². The van der Waals surface area contributed by atoms with Crippen molar-refractivity contribution >= 4 is 23.2 Å². The molecule has 0 saturated carbocycles. The molecule has 0 radical (unpaired) electrons. The number of aromatic nitrogens is 1. The van der Waals surface area contributed by atoms with Gasteiger partial charge in [0.1, 0.15) is 5.69 Å². The second-order valence-electron chi connectivity index (χ2n) is 8.44. The third kappa shape index (κ3) is 4.84. The number of methoxy groups -OCH3 is 2. The number of allylic oxidation sites excluding steroid dienone is 1. The highest BCUT2D eigenvalue weighted by Crippen LogP contribution is 2.41. The normalized spacial score (nSPS) is 17.4. The number of nitrogens with zero attached hydrogens (tertiary/aromatic N) is 3. The molecule has 2 aromatic rings. The number of ketones is 1. The number of aryl methyl sites for hydroxylation is 1. The summed E-state index contributed by atoms with van der Waals surface area (Å²) in [5.74, 6) is -2.52. The number of anilines is 2. The maximum atomic E-state index is 15.3. The number of ether oxygens (including phenoxy) is 3. The molecule has 3 heterocycles. The summed E-state index contributed by atoms with van der Waals surface area (Å²) in [5.41, 5.74) is 1.30. The fraction of sp³-hybridized carbons (Fsp3) is 0.400. The highest BCUT2D eigenvalue weighted by Gasteiger charge is 2.38. The largest absolute Gasteiger partial charge is 0.493 e. The van der Waals surface area contributed by atoms with E-state index in [1.165, 1.54) is 25.2 Å². The average molecular weight is 488 g/mol. The van der Waals surface area contributed by atoms with E-state index in [1.54, 1.807) is 12.3 Å². The predicted molar refractivity (Wildman–Crippen MR) is 125 cm³/mol. The molecule has 1 saturated heterocycles. The van der Waals surface area contributed by atoms with Crippen molar-refractivity contribution in [3.8, 4) is 11.5 Å². The van der Waals surface area contributed by atoms with E-state index in [2.05, 4.69) is 11.6 Å². The van der Waals surface area contributed by atoms with Crippen LogP contribution in [0.3, 0.4) is 0 Å². The molecule has 186 valence electrons. The summed E-state index contributed by atoms with van der Waals surface area (Å²) in [5, 5.41) is 0. The standard InChI is InChI=1S/C25H27F2N3O5/c1-4-18(31)6-5-17-9-19-16(11-28-17)13-30(25(32)29(19)12-15-7-8-35-14-15)24-22(26)20(33-2)10-21(34-3)23(24)27/h4,9-11,15H,1,5-8,12-14H2,2-3H3/t15-/m0/s1. The van der Waals surface area contributed by atoms with Gasteiger partial charge in [-0.1, -0.05) is 6.58 Å². The van der Waals surface area contributed by atoms with Gasteiger partial charge in [0.2, 0.25) is 0 Å². The van der Waals surface area contributed by atoms with Gasteiger partial charge in [-0.3, -0.25) is 19.6 Å². The lowest BCUT2D eigenvalue weighted by Crippen LogP contribution is -2.50. The van der Waals surface area contributed by atoms with Crippen molar-refractivity contribution in [3.05, 3.63) is 53.9 Å². The summed E-state index contributed by atoms with van der Waals surface area (Å²) in [6.07, 6.45) is 4.23. The Bertz CT molecular complexity index is 1120. The van der Waals surface area contributed by atoms with E-state index in [0.29, 0.717) is 43.1 Å². The fourth-order valence-corrected chi connectivity index (χ4v) is 4.31. The number of hydrogen-bond acceptors (Lipinski definition) is 6. The number of hydrogen-bond donors (Lipinski definition) is 0. The predicted octanol–water partition coefficient (Wildman–Crippen LogP) is 4.05. The number of halogens is 2. The molecule has 1 aromatic carbocycles. The lowest BCUT2D eigenvalue weighted by Gasteiger charge is -2.38. The van der Waals surface area contributed by atoms with Gasteiger partial charge in [0.15, 0.2) is 28.9 Å². The maximum Gasteiger partial charge on any atom is 0.329 e. The first kappa shape index (κ1) is 24.6. The van der Waals surface area contributed by atoms with Gasteiger partial charge in [-0.25, -0.2) is 13.6 Å². The Morgan fingerprint density at radius 2 is 1.97 bits per heavy atom. The van der Waals surface area contributed by atoms with Gasteiger partial charge in [-0.2, -0.15) is 0 Å². The highest BCUT2D eigenvalue weighted by atomic mass is 19.1. The Kier molecular flexibility index (Phi) is 7.30. The molecule has 4 rings (SSSR count). The lowest BCUT2D eigenvalue weighted by molar-refractivity contribution is -0.114. The van der Waals surface area contributed by atoms with Crippen LogP contribution in [0.25, 0.3) is 0 Å². The summed E-state index contributed by atoms with van der Waals surface area (Å²) >= 11 is 0. The van der Waals surface area contributed by atoms with Crippen molar-refractivity contribution in [3.63, 3.8) is 0 Å². The van der Waals surface area contributed by atoms with Crippen LogP contribution in [-0.4, -0.2) is 50.8 Å². The zero-order chi connectivity index (χ0) is 25.1. The van der Waals surface area contributed by atoms with Gasteiger partial charge in [0.05, 0.1) is 33.1 Å². The molecule has 2 aliphatic rings. The summed E-state index contributed by atoms with van der Waals surface area (Å²) in [7, 11) is 2.50. The number of carbonyl (C=O) groups is 2. The van der Waals surface area contributed by atoms with Gasteiger partial charge in [0.25, 0.3) is 0 Å². The van der Waals surface area contributed by atoms with Gasteiger partial charge < -0.3 is 14.2 Å². The molecule has 1 aromatic heterocycles. The van der Waals surface area contributed by atoms with Crippen molar-refractivity contribution < 1.29 is 32.6 Å². The number of pyridine rings is 1. The van der Waals surface area contributed by atoms with Crippen LogP contribution in [0.15, 0.2) is 31.0 Å². The SMILES string of the molecule is C=CC(=O)CCc1cc2c(cn1)CN(c1c(F)c(OC)cc(OC)c1F)C(=O)N2C[C@@H]1CCOC1. The van der Waals surface area contributed by atoms with Crippen molar-refractivity contribution in [1.29, 1.82) is 0 Å². The number of urea groups is 1. The topological polar surface area (TPSA) is 81.2 Å². The molecule has 1 fully saturated rings. The monoisotopic (exact) mass is 487 g/mol. The molecule has 0 aliphatic carbocycles. The minimum Gasteiger partial charge on any atom is -0.493 e. The molecule has 0 bridgehead atoms. The Morgan fingerprint density at radius 3 is 2.57 bits per heavy atom. The van der Waals surface area contributed by atoms with Crippen LogP contribution in [0.4, 0.5) is 25.0 Å². The molecule has 2 amide bonds. The summed E-state index contributed by atoms with van der Waals surface area (Å²) < 4.78 is 46.1. The van der Waals surface area contributed by atoms with Crippen LogP contribution in [0.5, 0.6) is 11.5 Å². The van der Waals surface area contributed by atoms with Crippen LogP contribution in [0.2, 0.25) is 0 Å². The molecular formula is C25H27F2N3O5. The Labute approximate surface area is 202 Å². The zero-order valence-electron chi connectivity index (χ0n) is 19.7. The Morgan fingerprint density at radius 1 is 1.26 bits per heavy atom. The number of benzene rings is 1. The van der Waals surface area contributed by atoms with E-state index < -0.39 is 23.4 Å². The minimum atomic E-state index is -1.00. The summed E-state index contributed by atoms with van der Waals surface area (Å²) in [6.45, 7) is 4.76. The number of rotatable bonds is 9. The average Bonchev–Trinajstić information content (AvgIpc) is 3.38. The quantitative estimate of drug-likeness (QED) is 0.497. The Balaban J connectivity index is 1.77. The third-order valence-electron chi connectivity index (χ3n) is 6.24. The van der Waals surface area contributed by atoms with Crippen molar-refractivity contribution in [2.24, 2.45) is 5.92 Å². The minimum absolute atomic E-state index is 0.0697. The van der Waals surface area contributed by atoms with E-state index in [4.69, 9.17) is 14.2 Å². The molecule has 10 heteroatoms. The first-order chi connectivity index (χ1) is 16.9. The second kappa shape index (κ2) is 10.4. The molecule has 8 nitrogen and oxygen atoms in total. The van der Waals surface area contributed by atoms with E-state index in [9.17, 15) is 9.59 Å². The molecule has 0 N–H and O–H groups in total. The van der Waals surface area contributed by atoms with Crippen LogP contribution in [0.1, 0.15) is 24.1 Å². The van der Waals surface area contributed by atoms with Crippen LogP contribution >= 0.6 is 0 Å². The van der Waals surface area contributed by atoms with Gasteiger partial charge in [-0.15, -0.1) is 0 Å². The van der Waals surface area contributed by atoms with E-state index in [0.717, 1.165) is 17.4 Å². The molecule has 1 atom stereocenters. The lowest BCUT2D eigenvalue weighted by atomic mass is 10.0. The molecule has 2 aliphatic heterocycles. The Hall–Kier alpha value is -3.53. The van der Waals surface area contributed by atoms with Gasteiger partial charge in [0, 0.05) is 49.0 Å². The number of amides is 2. The van der Waals surface area contributed by atoms with Crippen LogP contribution in [0, 0.1) is 17.6 Å². The first-order valence-corrected chi connectivity index (χ1v) is 11.3. The van der Waals surface area contributed by atoms with E-state index in [-0.39, 0.29) is 36.2 Å². The summed E-state index contributed by atoms with van der Waals surface area (Å²) in [6, 6.07) is 2.27. The van der Waals surface area contributed by atoms with E-state index >= 15 is 8.78 Å². The third-order valence-corrected chi connectivity index (χ3v) is 6.24. The zero-order valence-corrected chi connectivity index (χ0v) is 19.7. The molecule has 35 heavy (non-hydrogen) atoms. The molecular weight excluding hydrogens is 460 g/mol. The molecule has 0 unspecified atom stereocenters. The highest BCUT2D eigenvalue weighted by molar-refractivity contribution is 6.06. The second-order valence-corrected chi connectivity index (χ2v) is 8.44. The van der Waals surface area contributed by atoms with Gasteiger partial charge in [-0.05, 0) is 25.0 Å². The van der Waals surface area contributed by atoms with Crippen molar-refractivity contribution in [2.75, 3.05) is 43.8 Å². The number of carbonyl (C=O) groups excluding carboxylic acids is 2. The number of fused-ring (bicyclic) bond motifs is 1. The van der Waals surface area contributed by atoms with Crippen molar-refractivity contribution in [1.82, 2.24) is 4.98 Å². The van der Waals surface area contributed by atoms with E-state index in [1.807, 2.05) is 0 Å². The smallest absolute Gasteiger partial charge is 0.329 e. The molecule has 0 spiro atoms. The van der Waals surface area contributed by atoms with Crippen molar-refractivity contribution in [2.45, 2.75) is 25.8 Å². The fourth-order valence-electron chi connectivity index (χ4n) is 4.31. The van der Waals surface area contributed by atoms with Gasteiger partial charge >= 0.3 is 6.03 Å². The summed E-state index contributed by atoms with van der Waals surface area (Å²) in [4.78, 5) is 32.3. The maximum absolute atomic E-state index is 15.3. The first-order valence-electron chi connectivity index (χ1n) is 11.3. The van der Waals surface area contributed by atoms with Crippen LogP contribution in [-0.2, 0) is 22.5 Å².